The van der Waals surface area contributed by atoms with Crippen LogP contribution in [-0.4, -0.2) is 23.6 Å². The third kappa shape index (κ3) is 4.67. The average Bonchev–Trinajstić information content (AvgIpc) is 2.71. The van der Waals surface area contributed by atoms with Crippen molar-refractivity contribution in [2.75, 3.05) is 29.6 Å². The molecule has 0 spiro atoms. The number of nitrogen functional groups attached to an aromatic ring is 1. The van der Waals surface area contributed by atoms with Crippen molar-refractivity contribution in [2.24, 2.45) is 0 Å². The Labute approximate surface area is 160 Å². The van der Waals surface area contributed by atoms with Crippen molar-refractivity contribution in [2.45, 2.75) is 19.8 Å². The fourth-order valence-electron chi connectivity index (χ4n) is 2.63. The monoisotopic (exact) mass is 363 g/mol. The summed E-state index contributed by atoms with van der Waals surface area (Å²) in [5.41, 5.74) is 8.71. The molecule has 3 aromatic rings. The number of anilines is 5. The van der Waals surface area contributed by atoms with E-state index in [1.807, 2.05) is 66.5 Å². The van der Waals surface area contributed by atoms with Gasteiger partial charge < -0.3 is 20.7 Å². The molecule has 27 heavy (non-hydrogen) atoms. The molecule has 0 amide bonds. The van der Waals surface area contributed by atoms with Crippen LogP contribution < -0.4 is 20.7 Å². The molecule has 1 aromatic heterocycles. The third-order valence-electron chi connectivity index (χ3n) is 4.21. The molecule has 0 unspecified atom stereocenters. The summed E-state index contributed by atoms with van der Waals surface area (Å²) in [4.78, 5) is 10.6. The van der Waals surface area contributed by atoms with Crippen molar-refractivity contribution in [1.82, 2.24) is 9.97 Å². The first-order chi connectivity index (χ1) is 13.2. The lowest BCUT2D eigenvalue weighted by molar-refractivity contribution is 0.309. The second-order valence-electron chi connectivity index (χ2n) is 6.21. The van der Waals surface area contributed by atoms with E-state index in [0.29, 0.717) is 17.3 Å². The number of aromatic nitrogens is 2. The Morgan fingerprint density at radius 1 is 1.04 bits per heavy atom. The summed E-state index contributed by atoms with van der Waals surface area (Å²) in [5.74, 6) is 2.08. The van der Waals surface area contributed by atoms with E-state index < -0.39 is 0 Å². The van der Waals surface area contributed by atoms with Gasteiger partial charge in [-0.2, -0.15) is 0 Å². The number of para-hydroxylation sites is 1. The number of unbranched alkanes of at least 4 members (excludes halogenated alkanes) is 1. The zero-order valence-electron chi connectivity index (χ0n) is 15.7. The van der Waals surface area contributed by atoms with Crippen LogP contribution in [-0.2, 0) is 0 Å². The molecule has 6 nitrogen and oxygen atoms in total. The summed E-state index contributed by atoms with van der Waals surface area (Å²) in [6, 6.07) is 17.7. The highest BCUT2D eigenvalue weighted by molar-refractivity contribution is 5.81. The summed E-state index contributed by atoms with van der Waals surface area (Å²) in [7, 11) is 1.93. The number of nitrogens with one attached hydrogen (secondary N) is 1. The Bertz CT molecular complexity index is 852. The molecule has 0 radical (unpaired) electrons. The predicted octanol–water partition coefficient (Wildman–Crippen LogP) is 4.75. The number of rotatable bonds is 8. The molecule has 1 heterocycles. The van der Waals surface area contributed by atoms with Crippen molar-refractivity contribution in [3.8, 4) is 5.75 Å². The zero-order valence-corrected chi connectivity index (χ0v) is 15.7. The largest absolute Gasteiger partial charge is 0.494 e. The third-order valence-corrected chi connectivity index (χ3v) is 4.21. The quantitative estimate of drug-likeness (QED) is 0.563. The van der Waals surface area contributed by atoms with E-state index in [4.69, 9.17) is 10.5 Å². The summed E-state index contributed by atoms with van der Waals surface area (Å²) < 4.78 is 5.69. The van der Waals surface area contributed by atoms with E-state index in [-0.39, 0.29) is 0 Å². The van der Waals surface area contributed by atoms with Gasteiger partial charge in [0.05, 0.1) is 6.61 Å². The van der Waals surface area contributed by atoms with Crippen molar-refractivity contribution in [3.63, 3.8) is 0 Å². The summed E-state index contributed by atoms with van der Waals surface area (Å²) >= 11 is 0. The van der Waals surface area contributed by atoms with Gasteiger partial charge in [0.25, 0.3) is 0 Å². The fraction of sp³-hybridized carbons (Fsp3) is 0.238. The van der Waals surface area contributed by atoms with Crippen LogP contribution in [0.5, 0.6) is 5.75 Å². The maximum Gasteiger partial charge on any atom is 0.161 e. The molecule has 0 fully saturated rings. The van der Waals surface area contributed by atoms with Crippen molar-refractivity contribution >= 4 is 28.7 Å². The highest BCUT2D eigenvalue weighted by atomic mass is 16.5. The zero-order chi connectivity index (χ0) is 19.1. The van der Waals surface area contributed by atoms with Crippen LogP contribution in [0.4, 0.5) is 28.7 Å². The van der Waals surface area contributed by atoms with Gasteiger partial charge >= 0.3 is 0 Å². The second kappa shape index (κ2) is 8.89. The van der Waals surface area contributed by atoms with E-state index >= 15 is 0 Å². The van der Waals surface area contributed by atoms with Gasteiger partial charge in [0, 0.05) is 18.4 Å². The molecular weight excluding hydrogens is 338 g/mol. The Balaban J connectivity index is 1.74. The van der Waals surface area contributed by atoms with E-state index in [9.17, 15) is 0 Å². The van der Waals surface area contributed by atoms with Gasteiger partial charge in [0.15, 0.2) is 11.6 Å². The van der Waals surface area contributed by atoms with Gasteiger partial charge in [-0.05, 0) is 42.8 Å². The number of hydrogen-bond acceptors (Lipinski definition) is 6. The summed E-state index contributed by atoms with van der Waals surface area (Å²) in [6.45, 7) is 2.88. The SMILES string of the molecule is CCCCOc1ccc(Nc2ncnc(N(C)c3ccccc3)c2N)cc1. The van der Waals surface area contributed by atoms with Gasteiger partial charge in [-0.1, -0.05) is 31.5 Å². The second-order valence-corrected chi connectivity index (χ2v) is 6.21. The molecule has 3 N–H and O–H groups in total. The van der Waals surface area contributed by atoms with E-state index in [1.165, 1.54) is 6.33 Å². The van der Waals surface area contributed by atoms with Gasteiger partial charge in [-0.3, -0.25) is 0 Å². The van der Waals surface area contributed by atoms with Crippen LogP contribution in [0.1, 0.15) is 19.8 Å². The number of benzene rings is 2. The average molecular weight is 363 g/mol. The Morgan fingerprint density at radius 3 is 2.48 bits per heavy atom. The van der Waals surface area contributed by atoms with E-state index in [1.54, 1.807) is 0 Å². The standard InChI is InChI=1S/C21H25N5O/c1-3-4-14-27-18-12-10-16(11-13-18)25-20-19(22)21(24-15-23-20)26(2)17-8-6-5-7-9-17/h5-13,15H,3-4,14,22H2,1-2H3,(H,23,24,25). The maximum atomic E-state index is 6.33. The number of ether oxygens (including phenoxy) is 1. The van der Waals surface area contributed by atoms with E-state index in [0.717, 1.165) is 36.6 Å². The summed E-state index contributed by atoms with van der Waals surface area (Å²) in [6.07, 6.45) is 3.68. The molecule has 140 valence electrons. The van der Waals surface area contributed by atoms with Crippen LogP contribution >= 0.6 is 0 Å². The van der Waals surface area contributed by atoms with Crippen LogP contribution in [0.15, 0.2) is 60.9 Å². The Kier molecular flexibility index (Phi) is 6.10. The minimum atomic E-state index is 0.493. The Hall–Kier alpha value is -3.28. The molecule has 6 heteroatoms. The predicted molar refractivity (Wildman–Crippen MR) is 111 cm³/mol. The lowest BCUT2D eigenvalue weighted by Crippen LogP contribution is -2.15. The molecule has 2 aromatic carbocycles. The molecule has 0 saturated heterocycles. The lowest BCUT2D eigenvalue weighted by Gasteiger charge is -2.21. The van der Waals surface area contributed by atoms with Crippen LogP contribution in [0.2, 0.25) is 0 Å². The molecule has 0 aliphatic rings. The molecule has 0 bridgehead atoms. The van der Waals surface area contributed by atoms with Gasteiger partial charge in [-0.25, -0.2) is 9.97 Å². The number of nitrogens with two attached hydrogens (primary N) is 1. The number of nitrogens with zero attached hydrogens (tertiary/aromatic N) is 3. The molecule has 0 atom stereocenters. The summed E-state index contributed by atoms with van der Waals surface area (Å²) in [5, 5.41) is 3.26. The number of hydrogen-bond donors (Lipinski definition) is 2. The Morgan fingerprint density at radius 2 is 1.78 bits per heavy atom. The smallest absolute Gasteiger partial charge is 0.161 e. The minimum absolute atomic E-state index is 0.493. The first-order valence-electron chi connectivity index (χ1n) is 9.08. The molecule has 3 rings (SSSR count). The van der Waals surface area contributed by atoms with Crippen LogP contribution in [0.25, 0.3) is 0 Å². The molecular formula is C21H25N5O. The molecule has 0 saturated carbocycles. The van der Waals surface area contributed by atoms with Gasteiger partial charge in [0.1, 0.15) is 17.8 Å². The van der Waals surface area contributed by atoms with Gasteiger partial charge in [0.2, 0.25) is 0 Å². The lowest BCUT2D eigenvalue weighted by atomic mass is 10.2. The first kappa shape index (κ1) is 18.5. The topological polar surface area (TPSA) is 76.3 Å². The minimum Gasteiger partial charge on any atom is -0.494 e. The highest BCUT2D eigenvalue weighted by Crippen LogP contribution is 2.32. The first-order valence-corrected chi connectivity index (χ1v) is 9.08. The van der Waals surface area contributed by atoms with Crippen molar-refractivity contribution < 1.29 is 4.74 Å². The normalized spacial score (nSPS) is 10.4. The van der Waals surface area contributed by atoms with Crippen LogP contribution in [0.3, 0.4) is 0 Å². The molecule has 0 aliphatic heterocycles. The van der Waals surface area contributed by atoms with Crippen molar-refractivity contribution in [1.29, 1.82) is 0 Å². The van der Waals surface area contributed by atoms with Gasteiger partial charge in [-0.15, -0.1) is 0 Å². The van der Waals surface area contributed by atoms with Crippen molar-refractivity contribution in [3.05, 3.63) is 60.9 Å². The van der Waals surface area contributed by atoms with E-state index in [2.05, 4.69) is 22.2 Å². The van der Waals surface area contributed by atoms with Crippen LogP contribution in [0, 0.1) is 0 Å². The maximum absolute atomic E-state index is 6.33. The highest BCUT2D eigenvalue weighted by Gasteiger charge is 2.13. The molecule has 0 aliphatic carbocycles. The fourth-order valence-corrected chi connectivity index (χ4v) is 2.63.